The van der Waals surface area contributed by atoms with Gasteiger partial charge in [0.2, 0.25) is 5.91 Å². The molecule has 3 heterocycles. The fraction of sp³-hybridized carbons (Fsp3) is 0.212. The van der Waals surface area contributed by atoms with Gasteiger partial charge in [-0.1, -0.05) is 30.0 Å². The van der Waals surface area contributed by atoms with Gasteiger partial charge >= 0.3 is 0 Å². The molecule has 6 rings (SSSR count). The second-order valence-electron chi connectivity index (χ2n) is 10.1. The topological polar surface area (TPSA) is 97.2 Å². The van der Waals surface area contributed by atoms with Crippen LogP contribution in [-0.4, -0.2) is 69.9 Å². The summed E-state index contributed by atoms with van der Waals surface area (Å²) in [5, 5.41) is 12.5. The van der Waals surface area contributed by atoms with Crippen LogP contribution in [0.15, 0.2) is 85.3 Å². The minimum atomic E-state index is -0.262. The van der Waals surface area contributed by atoms with E-state index >= 15 is 0 Å². The van der Waals surface area contributed by atoms with E-state index < -0.39 is 0 Å². The SMILES string of the molecule is O=C(C=CCN1CCOCC1)NCC#Cc1ccc2ncnc(Nc3ccc4c(cnn4Cc4cccc(F)c4)c3)c2c1. The molecular weight excluding hydrogens is 545 g/mol. The van der Waals surface area contributed by atoms with Crippen LogP contribution in [0.2, 0.25) is 0 Å². The Morgan fingerprint density at radius 2 is 1.98 bits per heavy atom. The number of anilines is 2. The first kappa shape index (κ1) is 28.0. The molecule has 2 aromatic heterocycles. The van der Waals surface area contributed by atoms with Crippen LogP contribution < -0.4 is 10.6 Å². The molecule has 1 amide bonds. The van der Waals surface area contributed by atoms with Gasteiger partial charge in [-0.2, -0.15) is 5.10 Å². The summed E-state index contributed by atoms with van der Waals surface area (Å²) in [6.07, 6.45) is 6.73. The first-order chi connectivity index (χ1) is 21.1. The van der Waals surface area contributed by atoms with Gasteiger partial charge in [0.15, 0.2) is 0 Å². The molecule has 2 N–H and O–H groups in total. The van der Waals surface area contributed by atoms with Gasteiger partial charge in [0.1, 0.15) is 18.0 Å². The number of aromatic nitrogens is 4. The lowest BCUT2D eigenvalue weighted by molar-refractivity contribution is -0.116. The molecule has 1 aliphatic heterocycles. The van der Waals surface area contributed by atoms with E-state index in [0.717, 1.165) is 71.5 Å². The zero-order chi connectivity index (χ0) is 29.4. The van der Waals surface area contributed by atoms with Crippen LogP contribution in [0.1, 0.15) is 11.1 Å². The second kappa shape index (κ2) is 13.2. The molecule has 0 radical (unpaired) electrons. The predicted octanol–water partition coefficient (Wildman–Crippen LogP) is 4.27. The quantitative estimate of drug-likeness (QED) is 0.211. The van der Waals surface area contributed by atoms with Gasteiger partial charge in [-0.3, -0.25) is 14.4 Å². The lowest BCUT2D eigenvalue weighted by atomic mass is 10.1. The lowest BCUT2D eigenvalue weighted by Crippen LogP contribution is -2.36. The summed E-state index contributed by atoms with van der Waals surface area (Å²) in [4.78, 5) is 23.2. The molecule has 1 fully saturated rings. The molecule has 5 aromatic rings. The largest absolute Gasteiger partial charge is 0.379 e. The monoisotopic (exact) mass is 575 g/mol. The molecule has 0 atom stereocenters. The summed E-state index contributed by atoms with van der Waals surface area (Å²) >= 11 is 0. The number of nitrogens with one attached hydrogen (secondary N) is 2. The minimum Gasteiger partial charge on any atom is -0.379 e. The first-order valence-electron chi connectivity index (χ1n) is 14.1. The van der Waals surface area contributed by atoms with Crippen LogP contribution in [0.3, 0.4) is 0 Å². The van der Waals surface area contributed by atoms with E-state index in [4.69, 9.17) is 4.74 Å². The van der Waals surface area contributed by atoms with Gasteiger partial charge in [-0.15, -0.1) is 0 Å². The van der Waals surface area contributed by atoms with Gasteiger partial charge < -0.3 is 15.4 Å². The zero-order valence-corrected chi connectivity index (χ0v) is 23.5. The standard InChI is InChI=1S/C33H30FN7O2/c34-27-6-1-4-25(18-27)22-41-31-11-9-28(20-26(31)21-38-41)39-33-29-19-24(8-10-30(29)36-23-37-33)5-2-12-35-32(42)7-3-13-40-14-16-43-17-15-40/h1,3-4,6-11,18-21,23H,12-17,22H2,(H,35,42)(H,36,37,39). The number of amides is 1. The van der Waals surface area contributed by atoms with E-state index in [0.29, 0.717) is 12.4 Å². The maximum atomic E-state index is 13.6. The summed E-state index contributed by atoms with van der Waals surface area (Å²) < 4.78 is 20.8. The molecule has 0 saturated carbocycles. The van der Waals surface area contributed by atoms with E-state index in [1.165, 1.54) is 18.5 Å². The van der Waals surface area contributed by atoms with Crippen LogP contribution in [0.25, 0.3) is 21.8 Å². The van der Waals surface area contributed by atoms with Crippen molar-refractivity contribution in [2.24, 2.45) is 0 Å². The van der Waals surface area contributed by atoms with E-state index in [1.807, 2.05) is 53.2 Å². The average Bonchev–Trinajstić information content (AvgIpc) is 3.41. The molecule has 1 aliphatic rings. The number of fused-ring (bicyclic) bond motifs is 2. The number of carbonyl (C=O) groups excluding carboxylic acids is 1. The maximum absolute atomic E-state index is 13.6. The van der Waals surface area contributed by atoms with Crippen molar-refractivity contribution in [1.29, 1.82) is 0 Å². The van der Waals surface area contributed by atoms with Crippen molar-refractivity contribution in [3.63, 3.8) is 0 Å². The molecule has 0 unspecified atom stereocenters. The molecule has 43 heavy (non-hydrogen) atoms. The molecule has 0 spiro atoms. The number of ether oxygens (including phenoxy) is 1. The Hall–Kier alpha value is -5.11. The van der Waals surface area contributed by atoms with Gasteiger partial charge in [0.25, 0.3) is 0 Å². The van der Waals surface area contributed by atoms with Crippen LogP contribution in [0.5, 0.6) is 0 Å². The van der Waals surface area contributed by atoms with E-state index in [-0.39, 0.29) is 18.3 Å². The number of nitrogens with zero attached hydrogens (tertiary/aromatic N) is 5. The van der Waals surface area contributed by atoms with Gasteiger partial charge in [0, 0.05) is 47.7 Å². The average molecular weight is 576 g/mol. The maximum Gasteiger partial charge on any atom is 0.244 e. The normalized spacial score (nSPS) is 13.7. The summed E-state index contributed by atoms with van der Waals surface area (Å²) in [5.74, 6) is 6.35. The van der Waals surface area contributed by atoms with Crippen molar-refractivity contribution in [1.82, 2.24) is 30.0 Å². The summed E-state index contributed by atoms with van der Waals surface area (Å²) in [5.41, 5.74) is 4.21. The Morgan fingerprint density at radius 3 is 2.86 bits per heavy atom. The highest BCUT2D eigenvalue weighted by molar-refractivity contribution is 5.93. The summed E-state index contributed by atoms with van der Waals surface area (Å²) in [7, 11) is 0. The Morgan fingerprint density at radius 1 is 1.07 bits per heavy atom. The van der Waals surface area contributed by atoms with Crippen LogP contribution in [0.4, 0.5) is 15.9 Å². The Balaban J connectivity index is 1.10. The number of morpholine rings is 1. The highest BCUT2D eigenvalue weighted by Crippen LogP contribution is 2.26. The lowest BCUT2D eigenvalue weighted by Gasteiger charge is -2.24. The molecule has 0 bridgehead atoms. The number of halogens is 1. The Labute approximate surface area is 248 Å². The number of hydrogen-bond acceptors (Lipinski definition) is 7. The highest BCUT2D eigenvalue weighted by atomic mass is 19.1. The first-order valence-corrected chi connectivity index (χ1v) is 14.1. The summed E-state index contributed by atoms with van der Waals surface area (Å²) in [6.45, 7) is 4.67. The van der Waals surface area contributed by atoms with Crippen molar-refractivity contribution < 1.29 is 13.9 Å². The molecule has 9 nitrogen and oxygen atoms in total. The summed E-state index contributed by atoms with van der Waals surface area (Å²) in [6, 6.07) is 18.2. The van der Waals surface area contributed by atoms with Crippen molar-refractivity contribution in [3.05, 3.63) is 102 Å². The Bertz CT molecular complexity index is 1850. The van der Waals surface area contributed by atoms with Crippen LogP contribution in [-0.2, 0) is 16.1 Å². The molecule has 10 heteroatoms. The van der Waals surface area contributed by atoms with E-state index in [2.05, 4.69) is 42.4 Å². The van der Waals surface area contributed by atoms with Crippen molar-refractivity contribution in [3.8, 4) is 11.8 Å². The highest BCUT2D eigenvalue weighted by Gasteiger charge is 2.10. The van der Waals surface area contributed by atoms with Gasteiger partial charge in [-0.05, 0) is 54.1 Å². The molecule has 3 aromatic carbocycles. The zero-order valence-electron chi connectivity index (χ0n) is 23.5. The number of carbonyl (C=O) groups is 1. The van der Waals surface area contributed by atoms with Crippen molar-refractivity contribution >= 4 is 39.2 Å². The van der Waals surface area contributed by atoms with E-state index in [1.54, 1.807) is 18.3 Å². The number of rotatable bonds is 8. The number of hydrogen-bond donors (Lipinski definition) is 2. The minimum absolute atomic E-state index is 0.169. The number of benzene rings is 3. The molecule has 216 valence electrons. The fourth-order valence-corrected chi connectivity index (χ4v) is 4.90. The third-order valence-corrected chi connectivity index (χ3v) is 7.08. The Kier molecular flexibility index (Phi) is 8.64. The third-order valence-electron chi connectivity index (χ3n) is 7.08. The van der Waals surface area contributed by atoms with Gasteiger partial charge in [-0.25, -0.2) is 14.4 Å². The molecule has 1 saturated heterocycles. The third kappa shape index (κ3) is 7.22. The van der Waals surface area contributed by atoms with Crippen LogP contribution in [0, 0.1) is 17.7 Å². The van der Waals surface area contributed by atoms with Crippen LogP contribution >= 0.6 is 0 Å². The van der Waals surface area contributed by atoms with Crippen molar-refractivity contribution in [2.45, 2.75) is 6.54 Å². The smallest absolute Gasteiger partial charge is 0.244 e. The molecule has 0 aliphatic carbocycles. The van der Waals surface area contributed by atoms with E-state index in [9.17, 15) is 9.18 Å². The predicted molar refractivity (Wildman–Crippen MR) is 164 cm³/mol. The second-order valence-corrected chi connectivity index (χ2v) is 10.1. The van der Waals surface area contributed by atoms with Crippen molar-refractivity contribution in [2.75, 3.05) is 44.7 Å². The van der Waals surface area contributed by atoms with Gasteiger partial charge in [0.05, 0.1) is 43.5 Å². The fourth-order valence-electron chi connectivity index (χ4n) is 4.90. The molecular formula is C33H30FN7O2.